The van der Waals surface area contributed by atoms with Crippen molar-refractivity contribution in [2.75, 3.05) is 7.05 Å². The molecule has 0 aliphatic carbocycles. The molecule has 0 aliphatic heterocycles. The number of rotatable bonds is 4. The maximum Gasteiger partial charge on any atom is 0.324 e. The van der Waals surface area contributed by atoms with Crippen LogP contribution in [0.25, 0.3) is 0 Å². The zero-order valence-electron chi connectivity index (χ0n) is 10.2. The topological polar surface area (TPSA) is 74.7 Å². The molecule has 0 saturated carbocycles. The normalized spacial score (nSPS) is 12.7. The molecule has 0 aromatic heterocycles. The second kappa shape index (κ2) is 4.99. The molecule has 0 fully saturated rings. The molecule has 1 rings (SSSR count). The van der Waals surface area contributed by atoms with Crippen LogP contribution in [0.1, 0.15) is 13.8 Å². The molecule has 0 amide bonds. The van der Waals surface area contributed by atoms with Gasteiger partial charge in [0.1, 0.15) is 5.54 Å². The molecule has 0 heterocycles. The van der Waals surface area contributed by atoms with E-state index in [0.717, 1.165) is 8.78 Å². The fourth-order valence-electron chi connectivity index (χ4n) is 1.20. The highest BCUT2D eigenvalue weighted by Gasteiger charge is 2.39. The molecule has 0 radical (unpaired) electrons. The van der Waals surface area contributed by atoms with Gasteiger partial charge in [-0.3, -0.25) is 4.79 Å². The molecule has 0 saturated heterocycles. The largest absolute Gasteiger partial charge is 0.480 e. The van der Waals surface area contributed by atoms with Crippen LogP contribution in [0.5, 0.6) is 0 Å². The van der Waals surface area contributed by atoms with Gasteiger partial charge in [0, 0.05) is 11.5 Å². The Morgan fingerprint density at radius 3 is 2.11 bits per heavy atom. The molecule has 5 nitrogen and oxygen atoms in total. The van der Waals surface area contributed by atoms with Crippen LogP contribution < -0.4 is 0 Å². The van der Waals surface area contributed by atoms with Gasteiger partial charge in [0.2, 0.25) is 10.0 Å². The van der Waals surface area contributed by atoms with Crippen molar-refractivity contribution in [2.45, 2.75) is 24.3 Å². The number of carboxylic acids is 1. The van der Waals surface area contributed by atoms with Crippen LogP contribution in [0.4, 0.5) is 0 Å². The van der Waals surface area contributed by atoms with E-state index < -0.39 is 21.5 Å². The smallest absolute Gasteiger partial charge is 0.324 e. The average Bonchev–Trinajstić information content (AvgIpc) is 2.28. The van der Waals surface area contributed by atoms with Gasteiger partial charge >= 0.3 is 5.97 Å². The van der Waals surface area contributed by atoms with Crippen molar-refractivity contribution in [2.24, 2.45) is 0 Å². The third-order valence-corrected chi connectivity index (χ3v) is 5.36. The van der Waals surface area contributed by atoms with E-state index in [0.29, 0.717) is 0 Å². The maximum atomic E-state index is 12.2. The van der Waals surface area contributed by atoms with E-state index >= 15 is 0 Å². The van der Waals surface area contributed by atoms with Crippen LogP contribution >= 0.6 is 15.9 Å². The molecule has 1 aromatic carbocycles. The Kier molecular flexibility index (Phi) is 4.19. The summed E-state index contributed by atoms with van der Waals surface area (Å²) in [6.45, 7) is 2.68. The van der Waals surface area contributed by atoms with Crippen LogP contribution in [0.2, 0.25) is 0 Å². The van der Waals surface area contributed by atoms with E-state index in [9.17, 15) is 13.2 Å². The van der Waals surface area contributed by atoms with Crippen LogP contribution in [0.3, 0.4) is 0 Å². The van der Waals surface area contributed by atoms with Gasteiger partial charge in [-0.05, 0) is 38.1 Å². The molecule has 18 heavy (non-hydrogen) atoms. The Bertz CT molecular complexity index is 551. The zero-order chi connectivity index (χ0) is 14.1. The van der Waals surface area contributed by atoms with E-state index in [1.807, 2.05) is 0 Å². The van der Waals surface area contributed by atoms with E-state index in [2.05, 4.69) is 15.9 Å². The van der Waals surface area contributed by atoms with Crippen molar-refractivity contribution in [1.29, 1.82) is 0 Å². The van der Waals surface area contributed by atoms with Gasteiger partial charge < -0.3 is 5.11 Å². The first-order valence-electron chi connectivity index (χ1n) is 5.08. The molecule has 1 aromatic rings. The third-order valence-electron chi connectivity index (χ3n) is 2.78. The lowest BCUT2D eigenvalue weighted by molar-refractivity contribution is -0.145. The summed E-state index contributed by atoms with van der Waals surface area (Å²) < 4.78 is 26.1. The molecule has 1 N–H and O–H groups in total. The van der Waals surface area contributed by atoms with Crippen molar-refractivity contribution < 1.29 is 18.3 Å². The molecule has 100 valence electrons. The van der Waals surface area contributed by atoms with E-state index in [1.165, 1.54) is 33.0 Å². The van der Waals surface area contributed by atoms with E-state index in [4.69, 9.17) is 5.11 Å². The van der Waals surface area contributed by atoms with Crippen molar-refractivity contribution in [1.82, 2.24) is 4.31 Å². The number of hydrogen-bond donors (Lipinski definition) is 1. The number of sulfonamides is 1. The number of aliphatic carboxylic acids is 1. The van der Waals surface area contributed by atoms with Crippen molar-refractivity contribution >= 4 is 31.9 Å². The number of carbonyl (C=O) groups is 1. The summed E-state index contributed by atoms with van der Waals surface area (Å²) >= 11 is 3.21. The summed E-state index contributed by atoms with van der Waals surface area (Å²) in [6, 6.07) is 6.03. The van der Waals surface area contributed by atoms with Gasteiger partial charge in [0.05, 0.1) is 4.90 Å². The fourth-order valence-corrected chi connectivity index (χ4v) is 2.94. The first-order chi connectivity index (χ1) is 8.10. The summed E-state index contributed by atoms with van der Waals surface area (Å²) in [4.78, 5) is 11.1. The van der Waals surface area contributed by atoms with E-state index in [1.54, 1.807) is 12.1 Å². The number of likely N-dealkylation sites (N-methyl/N-ethyl adjacent to an activating group) is 1. The summed E-state index contributed by atoms with van der Waals surface area (Å²) in [6.07, 6.45) is 0. The fraction of sp³-hybridized carbons (Fsp3) is 0.364. The minimum atomic E-state index is -3.83. The quantitative estimate of drug-likeness (QED) is 0.912. The van der Waals surface area contributed by atoms with Crippen LogP contribution in [0.15, 0.2) is 33.6 Å². The maximum absolute atomic E-state index is 12.2. The van der Waals surface area contributed by atoms with Crippen LogP contribution in [-0.2, 0) is 14.8 Å². The average molecular weight is 336 g/mol. The first kappa shape index (κ1) is 15.1. The molecule has 0 atom stereocenters. The monoisotopic (exact) mass is 335 g/mol. The number of benzene rings is 1. The van der Waals surface area contributed by atoms with Crippen molar-refractivity contribution in [3.8, 4) is 0 Å². The van der Waals surface area contributed by atoms with Crippen molar-refractivity contribution in [3.05, 3.63) is 28.7 Å². The summed E-state index contributed by atoms with van der Waals surface area (Å²) in [5.74, 6) is -1.20. The highest BCUT2D eigenvalue weighted by Crippen LogP contribution is 2.24. The molecular weight excluding hydrogens is 322 g/mol. The Balaban J connectivity index is 3.23. The van der Waals surface area contributed by atoms with Gasteiger partial charge in [-0.15, -0.1) is 0 Å². The molecule has 7 heteroatoms. The Labute approximate surface area is 115 Å². The second-order valence-electron chi connectivity index (χ2n) is 4.29. The second-order valence-corrected chi connectivity index (χ2v) is 7.18. The van der Waals surface area contributed by atoms with Gasteiger partial charge in [-0.25, -0.2) is 8.42 Å². The zero-order valence-corrected chi connectivity index (χ0v) is 12.6. The summed E-state index contributed by atoms with van der Waals surface area (Å²) in [7, 11) is -2.57. The van der Waals surface area contributed by atoms with Gasteiger partial charge in [0.15, 0.2) is 0 Å². The van der Waals surface area contributed by atoms with Gasteiger partial charge in [0.25, 0.3) is 0 Å². The summed E-state index contributed by atoms with van der Waals surface area (Å²) in [5.41, 5.74) is -1.51. The minimum Gasteiger partial charge on any atom is -0.480 e. The molecular formula is C11H14BrNO4S. The van der Waals surface area contributed by atoms with Gasteiger partial charge in [-0.2, -0.15) is 4.31 Å². The molecule has 0 unspecified atom stereocenters. The Hall–Kier alpha value is -0.920. The van der Waals surface area contributed by atoms with Crippen LogP contribution in [-0.4, -0.2) is 36.4 Å². The number of hydrogen-bond acceptors (Lipinski definition) is 3. The number of nitrogens with zero attached hydrogens (tertiary/aromatic N) is 1. The highest BCUT2D eigenvalue weighted by molar-refractivity contribution is 9.10. The Morgan fingerprint density at radius 1 is 1.28 bits per heavy atom. The van der Waals surface area contributed by atoms with Gasteiger partial charge in [-0.1, -0.05) is 15.9 Å². The number of carboxylic acid groups (broad SMARTS) is 1. The predicted molar refractivity (Wildman–Crippen MR) is 70.8 cm³/mol. The third kappa shape index (κ3) is 2.73. The predicted octanol–water partition coefficient (Wildman–Crippen LogP) is 1.93. The molecule has 0 bridgehead atoms. The number of halogens is 1. The minimum absolute atomic E-state index is 0.0579. The Morgan fingerprint density at radius 2 is 1.72 bits per heavy atom. The lowest BCUT2D eigenvalue weighted by Crippen LogP contribution is -2.50. The summed E-state index contributed by atoms with van der Waals surface area (Å²) in [5, 5.41) is 9.05. The standard InChI is InChI=1S/C11H14BrNO4S/c1-11(2,10(14)15)13(3)18(16,17)9-6-4-8(12)5-7-9/h4-7H,1-3H3,(H,14,15). The lowest BCUT2D eigenvalue weighted by atomic mass is 10.1. The van der Waals surface area contributed by atoms with Crippen LogP contribution in [0, 0.1) is 0 Å². The molecule has 0 spiro atoms. The lowest BCUT2D eigenvalue weighted by Gasteiger charge is -2.30. The molecule has 0 aliphatic rings. The first-order valence-corrected chi connectivity index (χ1v) is 7.31. The SMILES string of the molecule is CN(C(C)(C)C(=O)O)S(=O)(=O)c1ccc(Br)cc1. The van der Waals surface area contributed by atoms with E-state index in [-0.39, 0.29) is 4.90 Å². The highest BCUT2D eigenvalue weighted by atomic mass is 79.9. The van der Waals surface area contributed by atoms with Crippen molar-refractivity contribution in [3.63, 3.8) is 0 Å².